The molecule has 0 spiro atoms. The average molecular weight is 528 g/mol. The molecule has 0 saturated heterocycles. The number of aromatic nitrogens is 5. The van der Waals surface area contributed by atoms with Crippen molar-refractivity contribution in [1.29, 1.82) is 0 Å². The molecule has 0 saturated carbocycles. The fraction of sp³-hybridized carbons (Fsp3) is 0.0741. The monoisotopic (exact) mass is 527 g/mol. The Balaban J connectivity index is 1.64. The number of nitrogens with one attached hydrogen (secondary N) is 1. The van der Waals surface area contributed by atoms with Crippen LogP contribution in [0.4, 0.5) is 16.0 Å². The van der Waals surface area contributed by atoms with Crippen LogP contribution in [0, 0.1) is 17.7 Å². The zero-order valence-corrected chi connectivity index (χ0v) is 20.4. The lowest BCUT2D eigenvalue weighted by Crippen LogP contribution is -2.30. The molecule has 0 amide bonds. The minimum atomic E-state index is -0.912. The van der Waals surface area contributed by atoms with Crippen molar-refractivity contribution in [3.8, 4) is 17.5 Å². The number of nitrogens with two attached hydrogens (primary N) is 1. The Morgan fingerprint density at radius 3 is 2.61 bits per heavy atom. The Bertz CT molecular complexity index is 1750. The molecule has 0 bridgehead atoms. The molecule has 3 heterocycles. The van der Waals surface area contributed by atoms with Crippen LogP contribution in [0.5, 0.6) is 0 Å². The molecule has 38 heavy (non-hydrogen) atoms. The first-order valence-electron chi connectivity index (χ1n) is 11.3. The second kappa shape index (κ2) is 10.6. The summed E-state index contributed by atoms with van der Waals surface area (Å²) in [6.07, 6.45) is 2.29. The SMILES string of the molecule is Nc1ncnc(NC(CO)c2nc3cccc(Cl)c3c(=O)n2-c2ccccc2)c1C#Cc1ccc(F)cn1. The van der Waals surface area contributed by atoms with E-state index in [1.165, 1.54) is 23.0 Å². The van der Waals surface area contributed by atoms with E-state index >= 15 is 0 Å². The van der Waals surface area contributed by atoms with Gasteiger partial charge >= 0.3 is 0 Å². The summed E-state index contributed by atoms with van der Waals surface area (Å²) in [4.78, 5) is 30.5. The number of halogens is 2. The average Bonchev–Trinajstić information content (AvgIpc) is 2.92. The second-order valence-corrected chi connectivity index (χ2v) is 8.46. The summed E-state index contributed by atoms with van der Waals surface area (Å²) < 4.78 is 14.6. The van der Waals surface area contributed by atoms with Gasteiger partial charge in [-0.15, -0.1) is 0 Å². The summed E-state index contributed by atoms with van der Waals surface area (Å²) in [6, 6.07) is 15.6. The minimum absolute atomic E-state index is 0.0764. The highest BCUT2D eigenvalue weighted by Gasteiger charge is 2.23. The molecule has 2 aromatic carbocycles. The molecule has 1 unspecified atom stereocenters. The highest BCUT2D eigenvalue weighted by atomic mass is 35.5. The molecule has 0 aliphatic carbocycles. The molecule has 9 nitrogen and oxygen atoms in total. The van der Waals surface area contributed by atoms with Gasteiger partial charge in [-0.1, -0.05) is 41.8 Å². The van der Waals surface area contributed by atoms with E-state index in [9.17, 15) is 14.3 Å². The van der Waals surface area contributed by atoms with E-state index < -0.39 is 24.0 Å². The van der Waals surface area contributed by atoms with Gasteiger partial charge in [-0.2, -0.15) is 0 Å². The highest BCUT2D eigenvalue weighted by molar-refractivity contribution is 6.35. The van der Waals surface area contributed by atoms with E-state index in [1.807, 2.05) is 6.07 Å². The first-order valence-corrected chi connectivity index (χ1v) is 11.7. The van der Waals surface area contributed by atoms with Crippen molar-refractivity contribution in [3.05, 3.63) is 111 Å². The van der Waals surface area contributed by atoms with Crippen molar-refractivity contribution in [2.75, 3.05) is 17.7 Å². The van der Waals surface area contributed by atoms with Crippen molar-refractivity contribution in [2.24, 2.45) is 0 Å². The standard InChI is InChI=1S/C27H19ClFN7O2/c28-20-7-4-8-21-23(20)27(38)36(18-5-2-1-3-6-18)26(35-21)22(14-37)34-25-19(24(30)32-15-33-25)12-11-17-10-9-16(29)13-31-17/h1-10,13,15,22,37H,14H2,(H3,30,32,33,34). The number of fused-ring (bicyclic) bond motifs is 1. The van der Waals surface area contributed by atoms with E-state index in [2.05, 4.69) is 32.1 Å². The van der Waals surface area contributed by atoms with Crippen LogP contribution in [0.15, 0.2) is 78.0 Å². The van der Waals surface area contributed by atoms with Crippen LogP contribution in [-0.2, 0) is 0 Å². The zero-order valence-electron chi connectivity index (χ0n) is 19.6. The Morgan fingerprint density at radius 2 is 1.87 bits per heavy atom. The first-order chi connectivity index (χ1) is 18.5. The third kappa shape index (κ3) is 4.88. The van der Waals surface area contributed by atoms with Gasteiger partial charge in [0, 0.05) is 0 Å². The number of hydrogen-bond acceptors (Lipinski definition) is 8. The molecule has 188 valence electrons. The topological polar surface area (TPSA) is 132 Å². The van der Waals surface area contributed by atoms with Crippen molar-refractivity contribution in [2.45, 2.75) is 6.04 Å². The van der Waals surface area contributed by atoms with E-state index in [0.717, 1.165) is 6.20 Å². The number of nitrogen functional groups attached to an aromatic ring is 1. The van der Waals surface area contributed by atoms with Gasteiger partial charge in [0.15, 0.2) is 0 Å². The molecule has 4 N–H and O–H groups in total. The molecule has 5 rings (SSSR count). The van der Waals surface area contributed by atoms with Gasteiger partial charge in [0.2, 0.25) is 0 Å². The largest absolute Gasteiger partial charge is 0.394 e. The number of pyridine rings is 1. The quantitative estimate of drug-likeness (QED) is 0.296. The number of anilines is 2. The number of para-hydroxylation sites is 1. The maximum Gasteiger partial charge on any atom is 0.267 e. The number of rotatable bonds is 5. The maximum atomic E-state index is 13.7. The van der Waals surface area contributed by atoms with Crippen LogP contribution in [0.3, 0.4) is 0 Å². The number of aliphatic hydroxyl groups is 1. The van der Waals surface area contributed by atoms with Gasteiger partial charge in [0.05, 0.1) is 34.4 Å². The van der Waals surface area contributed by atoms with E-state index in [0.29, 0.717) is 16.9 Å². The van der Waals surface area contributed by atoms with Crippen molar-refractivity contribution in [3.63, 3.8) is 0 Å². The van der Waals surface area contributed by atoms with Crippen molar-refractivity contribution < 1.29 is 9.50 Å². The molecule has 3 aromatic heterocycles. The van der Waals surface area contributed by atoms with E-state index in [4.69, 9.17) is 22.3 Å². The Labute approximate surface area is 220 Å². The predicted octanol–water partition coefficient (Wildman–Crippen LogP) is 3.49. The van der Waals surface area contributed by atoms with E-state index in [1.54, 1.807) is 42.5 Å². The third-order valence-electron chi connectivity index (χ3n) is 5.61. The number of hydrogen-bond donors (Lipinski definition) is 3. The second-order valence-electron chi connectivity index (χ2n) is 8.05. The summed E-state index contributed by atoms with van der Waals surface area (Å²) in [7, 11) is 0. The van der Waals surface area contributed by atoms with Crippen LogP contribution < -0.4 is 16.6 Å². The predicted molar refractivity (Wildman–Crippen MR) is 142 cm³/mol. The number of aliphatic hydroxyl groups excluding tert-OH is 1. The Hall–Kier alpha value is -4.85. The van der Waals surface area contributed by atoms with Crippen LogP contribution in [0.2, 0.25) is 5.02 Å². The Kier molecular flexibility index (Phi) is 6.95. The molecule has 0 aliphatic heterocycles. The normalized spacial score (nSPS) is 11.6. The molecule has 0 aliphatic rings. The first kappa shape index (κ1) is 24.8. The van der Waals surface area contributed by atoms with E-state index in [-0.39, 0.29) is 33.4 Å². The molecular weight excluding hydrogens is 509 g/mol. The van der Waals surface area contributed by atoms with Crippen molar-refractivity contribution >= 4 is 34.1 Å². The van der Waals surface area contributed by atoms with Gasteiger partial charge in [0.25, 0.3) is 5.56 Å². The summed E-state index contributed by atoms with van der Waals surface area (Å²) >= 11 is 6.36. The fourth-order valence-electron chi connectivity index (χ4n) is 3.83. The lowest BCUT2D eigenvalue weighted by molar-refractivity contribution is 0.270. The van der Waals surface area contributed by atoms with Crippen LogP contribution in [0.1, 0.15) is 23.1 Å². The molecule has 0 fully saturated rings. The Morgan fingerprint density at radius 1 is 1.05 bits per heavy atom. The molecular formula is C27H19ClFN7O2. The lowest BCUT2D eigenvalue weighted by Gasteiger charge is -2.22. The smallest absolute Gasteiger partial charge is 0.267 e. The summed E-state index contributed by atoms with van der Waals surface area (Å²) in [5.74, 6) is 5.67. The zero-order chi connectivity index (χ0) is 26.6. The molecule has 1 atom stereocenters. The van der Waals surface area contributed by atoms with Gasteiger partial charge in [-0.3, -0.25) is 9.36 Å². The fourth-order valence-corrected chi connectivity index (χ4v) is 4.08. The van der Waals surface area contributed by atoms with Gasteiger partial charge in [0.1, 0.15) is 46.9 Å². The lowest BCUT2D eigenvalue weighted by atomic mass is 10.1. The highest BCUT2D eigenvalue weighted by Crippen LogP contribution is 2.26. The summed E-state index contributed by atoms with van der Waals surface area (Å²) in [5.41, 5.74) is 7.13. The van der Waals surface area contributed by atoms with Crippen LogP contribution in [-0.4, -0.2) is 36.2 Å². The third-order valence-corrected chi connectivity index (χ3v) is 5.93. The maximum absolute atomic E-state index is 13.7. The van der Waals surface area contributed by atoms with Gasteiger partial charge in [-0.05, 0) is 42.3 Å². The minimum Gasteiger partial charge on any atom is -0.394 e. The van der Waals surface area contributed by atoms with Crippen LogP contribution >= 0.6 is 11.6 Å². The van der Waals surface area contributed by atoms with Gasteiger partial charge in [-0.25, -0.2) is 24.3 Å². The molecule has 0 radical (unpaired) electrons. The molecule has 5 aromatic rings. The summed E-state index contributed by atoms with van der Waals surface area (Å²) in [5, 5.41) is 14.0. The number of benzene rings is 2. The van der Waals surface area contributed by atoms with Crippen LogP contribution in [0.25, 0.3) is 16.6 Å². The van der Waals surface area contributed by atoms with Gasteiger partial charge < -0.3 is 16.2 Å². The summed E-state index contributed by atoms with van der Waals surface area (Å²) in [6.45, 7) is -0.457. The number of nitrogens with zero attached hydrogens (tertiary/aromatic N) is 5. The molecule has 11 heteroatoms. The van der Waals surface area contributed by atoms with Crippen molar-refractivity contribution in [1.82, 2.24) is 24.5 Å².